The van der Waals surface area contributed by atoms with Gasteiger partial charge < -0.3 is 5.73 Å². The van der Waals surface area contributed by atoms with Crippen LogP contribution in [0.1, 0.15) is 46.2 Å². The standard InChI is InChI=1S/C23H25N3O/c1-15-5-3-6-16(11-15)9-10-17-7-4-8-18(12-17)19-13-20(19)21-14-22(27)26(2)23(24)25-21/h3-8,11-12,14,19-20H,9-10,13H2,1-2H3,(H2,24,25)/t19-,20-/m0/s1. The highest BCUT2D eigenvalue weighted by molar-refractivity contribution is 5.37. The van der Waals surface area contributed by atoms with Crippen molar-refractivity contribution in [3.63, 3.8) is 0 Å². The molecule has 1 aromatic heterocycles. The van der Waals surface area contributed by atoms with Gasteiger partial charge in [0.15, 0.2) is 0 Å². The lowest BCUT2D eigenvalue weighted by Gasteiger charge is -2.07. The summed E-state index contributed by atoms with van der Waals surface area (Å²) in [5, 5.41) is 0. The van der Waals surface area contributed by atoms with Gasteiger partial charge in [0.1, 0.15) is 0 Å². The van der Waals surface area contributed by atoms with E-state index in [-0.39, 0.29) is 11.5 Å². The lowest BCUT2D eigenvalue weighted by Crippen LogP contribution is -2.21. The average Bonchev–Trinajstić information content (AvgIpc) is 3.45. The van der Waals surface area contributed by atoms with Gasteiger partial charge in [-0.25, -0.2) is 4.98 Å². The van der Waals surface area contributed by atoms with Gasteiger partial charge in [-0.1, -0.05) is 54.1 Å². The first-order valence-electron chi connectivity index (χ1n) is 9.49. The van der Waals surface area contributed by atoms with Gasteiger partial charge in [0.2, 0.25) is 5.95 Å². The number of rotatable bonds is 5. The number of aromatic nitrogens is 2. The highest BCUT2D eigenvalue weighted by atomic mass is 16.1. The maximum atomic E-state index is 12.0. The molecule has 3 aromatic rings. The van der Waals surface area contributed by atoms with Gasteiger partial charge in [-0.05, 0) is 48.8 Å². The minimum absolute atomic E-state index is 0.0879. The second-order valence-corrected chi connectivity index (χ2v) is 7.62. The van der Waals surface area contributed by atoms with E-state index >= 15 is 0 Å². The molecule has 4 nitrogen and oxygen atoms in total. The van der Waals surface area contributed by atoms with Gasteiger partial charge in [0.25, 0.3) is 5.56 Å². The summed E-state index contributed by atoms with van der Waals surface area (Å²) in [7, 11) is 1.65. The molecule has 4 heteroatoms. The van der Waals surface area contributed by atoms with Crippen LogP contribution in [0.5, 0.6) is 0 Å². The van der Waals surface area contributed by atoms with Gasteiger partial charge in [-0.15, -0.1) is 0 Å². The van der Waals surface area contributed by atoms with Crippen LogP contribution < -0.4 is 11.3 Å². The highest BCUT2D eigenvalue weighted by Crippen LogP contribution is 2.54. The first-order valence-corrected chi connectivity index (χ1v) is 9.49. The first-order chi connectivity index (χ1) is 13.0. The van der Waals surface area contributed by atoms with Gasteiger partial charge >= 0.3 is 0 Å². The molecular formula is C23H25N3O. The molecule has 1 saturated carbocycles. The summed E-state index contributed by atoms with van der Waals surface area (Å²) >= 11 is 0. The van der Waals surface area contributed by atoms with Crippen LogP contribution in [0, 0.1) is 6.92 Å². The number of nitrogens with zero attached hydrogens (tertiary/aromatic N) is 2. The number of benzene rings is 2. The number of aryl methyl sites for hydroxylation is 3. The van der Waals surface area contributed by atoms with Crippen molar-refractivity contribution < 1.29 is 0 Å². The van der Waals surface area contributed by atoms with E-state index in [0.29, 0.717) is 11.8 Å². The smallest absolute Gasteiger partial charge is 0.254 e. The Morgan fingerprint density at radius 1 is 1.04 bits per heavy atom. The molecular weight excluding hydrogens is 334 g/mol. The van der Waals surface area contributed by atoms with E-state index in [4.69, 9.17) is 5.73 Å². The molecule has 0 aliphatic heterocycles. The predicted molar refractivity (Wildman–Crippen MR) is 109 cm³/mol. The van der Waals surface area contributed by atoms with Crippen molar-refractivity contribution in [3.05, 3.63) is 92.9 Å². The van der Waals surface area contributed by atoms with Crippen LogP contribution in [0.15, 0.2) is 59.4 Å². The Labute approximate surface area is 159 Å². The lowest BCUT2D eigenvalue weighted by molar-refractivity contribution is 0.813. The normalized spacial score (nSPS) is 18.4. The van der Waals surface area contributed by atoms with Gasteiger partial charge in [0, 0.05) is 19.0 Å². The van der Waals surface area contributed by atoms with E-state index in [0.717, 1.165) is 25.0 Å². The summed E-state index contributed by atoms with van der Waals surface area (Å²) in [5.41, 5.74) is 12.0. The fraction of sp³-hybridized carbons (Fsp3) is 0.304. The molecule has 0 radical (unpaired) electrons. The largest absolute Gasteiger partial charge is 0.369 e. The van der Waals surface area contributed by atoms with E-state index in [9.17, 15) is 4.79 Å². The summed E-state index contributed by atoms with van der Waals surface area (Å²) in [4.78, 5) is 16.4. The van der Waals surface area contributed by atoms with Crippen LogP contribution >= 0.6 is 0 Å². The molecule has 0 amide bonds. The molecule has 138 valence electrons. The zero-order valence-electron chi connectivity index (χ0n) is 15.9. The van der Waals surface area contributed by atoms with Crippen LogP contribution in [0.2, 0.25) is 0 Å². The van der Waals surface area contributed by atoms with Crippen molar-refractivity contribution in [1.82, 2.24) is 9.55 Å². The van der Waals surface area contributed by atoms with Crippen LogP contribution in [0.3, 0.4) is 0 Å². The molecule has 0 spiro atoms. The van der Waals surface area contributed by atoms with Crippen LogP contribution in [0.25, 0.3) is 0 Å². The SMILES string of the molecule is Cc1cccc(CCc2cccc([C@@H]3C[C@@H]3c3cc(=O)n(C)c(N)n3)c2)c1. The number of nitrogens with two attached hydrogens (primary N) is 1. The van der Waals surface area contributed by atoms with Crippen molar-refractivity contribution in [3.8, 4) is 0 Å². The third kappa shape index (κ3) is 3.80. The minimum Gasteiger partial charge on any atom is -0.369 e. The van der Waals surface area contributed by atoms with Gasteiger partial charge in [-0.2, -0.15) is 0 Å². The van der Waals surface area contributed by atoms with Crippen LogP contribution in [0.4, 0.5) is 5.95 Å². The number of hydrogen-bond acceptors (Lipinski definition) is 3. The third-order valence-electron chi connectivity index (χ3n) is 5.52. The Morgan fingerprint density at radius 3 is 2.44 bits per heavy atom. The van der Waals surface area contributed by atoms with Gasteiger partial charge in [-0.3, -0.25) is 9.36 Å². The molecule has 2 N–H and O–H groups in total. The molecule has 0 bridgehead atoms. The van der Waals surface area contributed by atoms with E-state index in [2.05, 4.69) is 60.4 Å². The van der Waals surface area contributed by atoms with Crippen molar-refractivity contribution in [2.45, 2.75) is 38.0 Å². The molecule has 1 fully saturated rings. The first kappa shape index (κ1) is 17.5. The summed E-state index contributed by atoms with van der Waals surface area (Å²) < 4.78 is 1.38. The fourth-order valence-corrected chi connectivity index (χ4v) is 3.79. The number of nitrogen functional groups attached to an aromatic ring is 1. The summed E-state index contributed by atoms with van der Waals surface area (Å²) in [6, 6.07) is 19.2. The summed E-state index contributed by atoms with van der Waals surface area (Å²) in [5.74, 6) is 1.02. The van der Waals surface area contributed by atoms with Crippen molar-refractivity contribution >= 4 is 5.95 Å². The van der Waals surface area contributed by atoms with Gasteiger partial charge in [0.05, 0.1) is 5.69 Å². The number of anilines is 1. The number of hydrogen-bond donors (Lipinski definition) is 1. The molecule has 27 heavy (non-hydrogen) atoms. The van der Waals surface area contributed by atoms with Crippen molar-refractivity contribution in [2.75, 3.05) is 5.73 Å². The Kier molecular flexibility index (Phi) is 4.56. The Balaban J connectivity index is 1.47. The lowest BCUT2D eigenvalue weighted by atomic mass is 9.99. The zero-order chi connectivity index (χ0) is 19.0. The predicted octanol–water partition coefficient (Wildman–Crippen LogP) is 3.73. The Bertz CT molecular complexity index is 1040. The second-order valence-electron chi connectivity index (χ2n) is 7.62. The molecule has 0 saturated heterocycles. The summed E-state index contributed by atoms with van der Waals surface area (Å²) in [6.07, 6.45) is 3.11. The molecule has 4 rings (SSSR count). The second kappa shape index (κ2) is 7.03. The van der Waals surface area contributed by atoms with Crippen molar-refractivity contribution in [2.24, 2.45) is 7.05 Å². The average molecular weight is 359 g/mol. The summed E-state index contributed by atoms with van der Waals surface area (Å²) in [6.45, 7) is 2.13. The molecule has 1 aliphatic rings. The quantitative estimate of drug-likeness (QED) is 0.755. The minimum atomic E-state index is -0.0879. The maximum Gasteiger partial charge on any atom is 0.254 e. The fourth-order valence-electron chi connectivity index (χ4n) is 3.79. The molecule has 0 unspecified atom stereocenters. The molecule has 2 atom stereocenters. The maximum absolute atomic E-state index is 12.0. The monoisotopic (exact) mass is 359 g/mol. The van der Waals surface area contributed by atoms with Crippen LogP contribution in [-0.2, 0) is 19.9 Å². The molecule has 2 aromatic carbocycles. The van der Waals surface area contributed by atoms with Crippen LogP contribution in [-0.4, -0.2) is 9.55 Å². The topological polar surface area (TPSA) is 60.9 Å². The van der Waals surface area contributed by atoms with E-state index in [1.54, 1.807) is 13.1 Å². The Hall–Kier alpha value is -2.88. The third-order valence-corrected chi connectivity index (χ3v) is 5.52. The zero-order valence-corrected chi connectivity index (χ0v) is 15.9. The van der Waals surface area contributed by atoms with Crippen molar-refractivity contribution in [1.29, 1.82) is 0 Å². The van der Waals surface area contributed by atoms with E-state index in [1.165, 1.54) is 26.8 Å². The van der Waals surface area contributed by atoms with E-state index in [1.807, 2.05) is 0 Å². The molecule has 1 aliphatic carbocycles. The Morgan fingerprint density at radius 2 is 1.74 bits per heavy atom. The molecule has 1 heterocycles. The van der Waals surface area contributed by atoms with E-state index < -0.39 is 0 Å². The highest BCUT2D eigenvalue weighted by Gasteiger charge is 2.41.